The number of nitrogens with zero attached hydrogens (tertiary/aromatic N) is 3. The second-order valence-electron chi connectivity index (χ2n) is 9.38. The molecular formula is C25H28N4O5S. The van der Waals surface area contributed by atoms with Crippen molar-refractivity contribution in [2.24, 2.45) is 0 Å². The summed E-state index contributed by atoms with van der Waals surface area (Å²) in [5.74, 6) is -0.875. The summed E-state index contributed by atoms with van der Waals surface area (Å²) < 4.78 is 27.7. The van der Waals surface area contributed by atoms with Crippen LogP contribution < -0.4 is 5.32 Å². The first-order valence-corrected chi connectivity index (χ1v) is 13.2. The molecule has 2 aromatic rings. The Morgan fingerprint density at radius 1 is 0.971 bits per heavy atom. The van der Waals surface area contributed by atoms with Crippen LogP contribution in [0.2, 0.25) is 0 Å². The van der Waals surface area contributed by atoms with E-state index in [1.165, 1.54) is 14.8 Å². The van der Waals surface area contributed by atoms with E-state index in [0.717, 1.165) is 29.7 Å². The fourth-order valence-electron chi connectivity index (χ4n) is 5.08. The van der Waals surface area contributed by atoms with Crippen molar-refractivity contribution >= 4 is 27.9 Å². The Kier molecular flexibility index (Phi) is 5.88. The molecule has 10 heteroatoms. The molecule has 0 radical (unpaired) electrons. The van der Waals surface area contributed by atoms with Crippen LogP contribution in [0.1, 0.15) is 30.0 Å². The number of fused-ring (bicyclic) bond motifs is 1. The van der Waals surface area contributed by atoms with E-state index in [-0.39, 0.29) is 43.5 Å². The van der Waals surface area contributed by atoms with E-state index in [4.69, 9.17) is 0 Å². The second kappa shape index (κ2) is 8.76. The number of urea groups is 1. The minimum atomic E-state index is -3.65. The Morgan fingerprint density at radius 2 is 1.66 bits per heavy atom. The molecule has 0 saturated carbocycles. The van der Waals surface area contributed by atoms with Crippen LogP contribution >= 0.6 is 0 Å². The Bertz CT molecular complexity index is 1290. The highest BCUT2D eigenvalue weighted by Gasteiger charge is 2.49. The number of imide groups is 1. The Hall–Kier alpha value is -3.24. The molecule has 1 unspecified atom stereocenters. The van der Waals surface area contributed by atoms with Crippen LogP contribution in [0.25, 0.3) is 0 Å². The van der Waals surface area contributed by atoms with Crippen molar-refractivity contribution in [3.05, 3.63) is 65.2 Å². The molecule has 184 valence electrons. The van der Waals surface area contributed by atoms with Gasteiger partial charge in [0.2, 0.25) is 15.9 Å². The normalized spacial score (nSPS) is 22.9. The number of piperazine rings is 1. The van der Waals surface area contributed by atoms with Crippen LogP contribution in [0, 0.1) is 0 Å². The maximum absolute atomic E-state index is 13.2. The number of amides is 4. The zero-order valence-electron chi connectivity index (χ0n) is 19.6. The topological polar surface area (TPSA) is 107 Å². The lowest BCUT2D eigenvalue weighted by atomic mass is 9.92. The number of carbonyl (C=O) groups is 3. The Morgan fingerprint density at radius 3 is 2.37 bits per heavy atom. The summed E-state index contributed by atoms with van der Waals surface area (Å²) in [6, 6.07) is 13.6. The fourth-order valence-corrected chi connectivity index (χ4v) is 6.55. The molecule has 0 bridgehead atoms. The van der Waals surface area contributed by atoms with Gasteiger partial charge >= 0.3 is 6.03 Å². The number of rotatable bonds is 5. The third-order valence-corrected chi connectivity index (χ3v) is 9.11. The van der Waals surface area contributed by atoms with Crippen molar-refractivity contribution in [1.82, 2.24) is 19.4 Å². The molecule has 4 amide bonds. The molecule has 1 atom stereocenters. The number of benzene rings is 2. The third-order valence-electron chi connectivity index (χ3n) is 7.22. The number of hydrogen-bond acceptors (Lipinski definition) is 5. The van der Waals surface area contributed by atoms with E-state index < -0.39 is 27.5 Å². The number of nitrogens with one attached hydrogen (secondary N) is 1. The van der Waals surface area contributed by atoms with E-state index in [2.05, 4.69) is 5.32 Å². The lowest BCUT2D eigenvalue weighted by Gasteiger charge is -2.34. The first kappa shape index (κ1) is 23.5. The smallest absolute Gasteiger partial charge is 0.325 e. The van der Waals surface area contributed by atoms with E-state index in [0.29, 0.717) is 5.56 Å². The van der Waals surface area contributed by atoms with Crippen LogP contribution in [0.15, 0.2) is 53.4 Å². The average molecular weight is 497 g/mol. The highest BCUT2D eigenvalue weighted by Crippen LogP contribution is 2.29. The standard InChI is InChI=1S/C25H28N4O5S/c1-25(20-8-3-2-4-9-20)23(31)29(24(32)26-25)17-22(30)27-12-14-28(15-13-27)35(33,34)21-11-10-18-6-5-7-19(18)16-21/h2-4,8-11,16H,5-7,12-15,17H2,1H3,(H,26,32). The lowest BCUT2D eigenvalue weighted by Crippen LogP contribution is -2.53. The summed E-state index contributed by atoms with van der Waals surface area (Å²) in [5.41, 5.74) is 1.71. The van der Waals surface area contributed by atoms with Crippen molar-refractivity contribution < 1.29 is 22.8 Å². The van der Waals surface area contributed by atoms with Gasteiger partial charge in [-0.3, -0.25) is 14.5 Å². The van der Waals surface area contributed by atoms with Crippen molar-refractivity contribution in [3.8, 4) is 0 Å². The number of sulfonamides is 1. The highest BCUT2D eigenvalue weighted by molar-refractivity contribution is 7.89. The van der Waals surface area contributed by atoms with Gasteiger partial charge in [-0.2, -0.15) is 4.31 Å². The van der Waals surface area contributed by atoms with Crippen molar-refractivity contribution in [2.75, 3.05) is 32.7 Å². The molecule has 0 aromatic heterocycles. The molecule has 2 heterocycles. The molecule has 1 aliphatic carbocycles. The molecule has 0 spiro atoms. The fraction of sp³-hybridized carbons (Fsp3) is 0.400. The van der Waals surface area contributed by atoms with Crippen LogP contribution in [0.4, 0.5) is 4.79 Å². The zero-order valence-corrected chi connectivity index (χ0v) is 20.4. The van der Waals surface area contributed by atoms with E-state index in [9.17, 15) is 22.8 Å². The van der Waals surface area contributed by atoms with E-state index in [1.807, 2.05) is 12.1 Å². The molecule has 3 aliphatic rings. The first-order chi connectivity index (χ1) is 16.7. The number of carbonyl (C=O) groups excluding carboxylic acids is 3. The van der Waals surface area contributed by atoms with Gasteiger partial charge in [0.1, 0.15) is 12.1 Å². The summed E-state index contributed by atoms with van der Waals surface area (Å²) >= 11 is 0. The molecule has 2 saturated heterocycles. The van der Waals surface area contributed by atoms with Crippen molar-refractivity contribution in [2.45, 2.75) is 36.6 Å². The van der Waals surface area contributed by atoms with Crippen LogP contribution in [-0.4, -0.2) is 73.1 Å². The minimum Gasteiger partial charge on any atom is -0.338 e. The largest absolute Gasteiger partial charge is 0.338 e. The van der Waals surface area contributed by atoms with Gasteiger partial charge in [0.25, 0.3) is 5.91 Å². The molecule has 5 rings (SSSR count). The van der Waals surface area contributed by atoms with Crippen LogP contribution in [-0.2, 0) is 38.0 Å². The van der Waals surface area contributed by atoms with Gasteiger partial charge < -0.3 is 10.2 Å². The van der Waals surface area contributed by atoms with Gasteiger partial charge in [0.05, 0.1) is 4.90 Å². The van der Waals surface area contributed by atoms with Gasteiger partial charge in [-0.05, 0) is 55.0 Å². The minimum absolute atomic E-state index is 0.160. The maximum Gasteiger partial charge on any atom is 0.325 e. The van der Waals surface area contributed by atoms with Crippen LogP contribution in [0.3, 0.4) is 0 Å². The predicted molar refractivity (Wildman–Crippen MR) is 128 cm³/mol. The molecule has 9 nitrogen and oxygen atoms in total. The van der Waals surface area contributed by atoms with Crippen molar-refractivity contribution in [3.63, 3.8) is 0 Å². The van der Waals surface area contributed by atoms with Crippen molar-refractivity contribution in [1.29, 1.82) is 0 Å². The quantitative estimate of drug-likeness (QED) is 0.631. The Labute approximate surface area is 204 Å². The second-order valence-corrected chi connectivity index (χ2v) is 11.3. The van der Waals surface area contributed by atoms with E-state index in [1.54, 1.807) is 43.3 Å². The highest BCUT2D eigenvalue weighted by atomic mass is 32.2. The lowest BCUT2D eigenvalue weighted by molar-refractivity contribution is -0.139. The molecule has 2 aromatic carbocycles. The van der Waals surface area contributed by atoms with Gasteiger partial charge in [-0.15, -0.1) is 0 Å². The summed E-state index contributed by atoms with van der Waals surface area (Å²) in [4.78, 5) is 41.3. The van der Waals surface area contributed by atoms with Gasteiger partial charge in [-0.1, -0.05) is 36.4 Å². The monoisotopic (exact) mass is 496 g/mol. The Balaban J connectivity index is 1.22. The number of hydrogen-bond donors (Lipinski definition) is 1. The van der Waals surface area contributed by atoms with Crippen LogP contribution in [0.5, 0.6) is 0 Å². The summed E-state index contributed by atoms with van der Waals surface area (Å²) in [6.07, 6.45) is 2.92. The average Bonchev–Trinajstić information content (AvgIpc) is 3.43. The maximum atomic E-state index is 13.2. The first-order valence-electron chi connectivity index (χ1n) is 11.8. The SMILES string of the molecule is CC1(c2ccccc2)NC(=O)N(CC(=O)N2CCN(S(=O)(=O)c3ccc4c(c3)CCC4)CC2)C1=O. The van der Waals surface area contributed by atoms with Gasteiger partial charge in [0, 0.05) is 26.2 Å². The third kappa shape index (κ3) is 4.10. The van der Waals surface area contributed by atoms with Gasteiger partial charge in [-0.25, -0.2) is 13.2 Å². The summed E-state index contributed by atoms with van der Waals surface area (Å²) in [6.45, 7) is 1.95. The predicted octanol–water partition coefficient (Wildman–Crippen LogP) is 1.48. The molecule has 35 heavy (non-hydrogen) atoms. The molecule has 2 fully saturated rings. The van der Waals surface area contributed by atoms with Gasteiger partial charge in [0.15, 0.2) is 0 Å². The van der Waals surface area contributed by atoms with E-state index >= 15 is 0 Å². The zero-order chi connectivity index (χ0) is 24.8. The summed E-state index contributed by atoms with van der Waals surface area (Å²) in [5, 5.41) is 2.70. The molecule has 2 aliphatic heterocycles. The molecule has 1 N–H and O–H groups in total. The number of aryl methyl sites for hydroxylation is 2. The summed E-state index contributed by atoms with van der Waals surface area (Å²) in [7, 11) is -3.65. The molecular weight excluding hydrogens is 468 g/mol.